The van der Waals surface area contributed by atoms with Gasteiger partial charge in [0.05, 0.1) is 21.8 Å². The summed E-state index contributed by atoms with van der Waals surface area (Å²) < 4.78 is 0. The van der Waals surface area contributed by atoms with Crippen LogP contribution in [-0.4, -0.2) is 12.1 Å². The number of hydrogen-bond donors (Lipinski definition) is 2. The molecule has 5 nitrogen and oxygen atoms in total. The molecule has 112 valence electrons. The van der Waals surface area contributed by atoms with E-state index in [0.29, 0.717) is 36.6 Å². The molecule has 0 atom stereocenters. The Balaban J connectivity index is 2.17. The summed E-state index contributed by atoms with van der Waals surface area (Å²) in [5, 5.41) is 14.0. The number of carbonyl (C=O) groups excluding carboxylic acids is 1. The molecule has 0 aliphatic carbocycles. The number of thiophene rings is 1. The largest absolute Gasteiger partial charge is 0.389 e. The molecule has 1 aromatic heterocycles. The van der Waals surface area contributed by atoms with Crippen LogP contribution in [0.25, 0.3) is 0 Å². The first-order chi connectivity index (χ1) is 10.5. The van der Waals surface area contributed by atoms with Gasteiger partial charge in [-0.1, -0.05) is 29.3 Å². The molecule has 0 bridgehead atoms. The number of amides is 1. The third kappa shape index (κ3) is 3.22. The Morgan fingerprint density at radius 1 is 1.45 bits per heavy atom. The van der Waals surface area contributed by atoms with Crippen LogP contribution in [0.2, 0.25) is 10.0 Å². The molecule has 22 heavy (non-hydrogen) atoms. The number of nitrogens with zero attached hydrogens (tertiary/aromatic N) is 2. The van der Waals surface area contributed by atoms with Crippen molar-refractivity contribution >= 4 is 51.7 Å². The number of nitrogens with one attached hydrogen (secondary N) is 1. The predicted molar refractivity (Wildman–Crippen MR) is 89.7 cm³/mol. The standard InChI is InChI=1S/C14H10Cl2N4OS/c1-7-8(5-17)13(18)22-12(7)14(21)20-19-6-9-10(15)3-2-4-11(9)16/h2-4,6H,18H2,1H3,(H,20,21)/b19-6-. The van der Waals surface area contributed by atoms with Gasteiger partial charge in [-0.25, -0.2) is 5.43 Å². The lowest BCUT2D eigenvalue weighted by Gasteiger charge is -2.01. The summed E-state index contributed by atoms with van der Waals surface area (Å²) in [6.07, 6.45) is 1.36. The summed E-state index contributed by atoms with van der Waals surface area (Å²) in [5.41, 5.74) is 9.41. The van der Waals surface area contributed by atoms with Gasteiger partial charge < -0.3 is 5.73 Å². The molecule has 3 N–H and O–H groups in total. The Labute approximate surface area is 141 Å². The van der Waals surface area contributed by atoms with Crippen molar-refractivity contribution < 1.29 is 4.79 Å². The average molecular weight is 353 g/mol. The lowest BCUT2D eigenvalue weighted by atomic mass is 10.2. The second-order valence-corrected chi connectivity index (χ2v) is 6.11. The number of nitrogens with two attached hydrogens (primary N) is 1. The zero-order chi connectivity index (χ0) is 16.3. The summed E-state index contributed by atoms with van der Waals surface area (Å²) in [6, 6.07) is 7.01. The first-order valence-electron chi connectivity index (χ1n) is 6.02. The predicted octanol–water partition coefficient (Wildman–Crippen LogP) is 3.58. The van der Waals surface area contributed by atoms with Crippen molar-refractivity contribution in [3.8, 4) is 6.07 Å². The molecule has 2 aromatic rings. The molecular weight excluding hydrogens is 343 g/mol. The summed E-state index contributed by atoms with van der Waals surface area (Å²) in [7, 11) is 0. The van der Waals surface area contributed by atoms with Gasteiger partial charge in [0.1, 0.15) is 15.9 Å². The maximum atomic E-state index is 12.1. The van der Waals surface area contributed by atoms with Crippen LogP contribution >= 0.6 is 34.5 Å². The van der Waals surface area contributed by atoms with E-state index in [1.54, 1.807) is 25.1 Å². The van der Waals surface area contributed by atoms with Crippen LogP contribution in [0.15, 0.2) is 23.3 Å². The summed E-state index contributed by atoms with van der Waals surface area (Å²) in [4.78, 5) is 12.4. The number of carbonyl (C=O) groups is 1. The van der Waals surface area contributed by atoms with Crippen LogP contribution in [0.3, 0.4) is 0 Å². The number of hydrazone groups is 1. The lowest BCUT2D eigenvalue weighted by molar-refractivity contribution is 0.0958. The van der Waals surface area contributed by atoms with Crippen LogP contribution in [0.4, 0.5) is 5.00 Å². The molecule has 0 aliphatic rings. The number of benzene rings is 1. The molecule has 0 unspecified atom stereocenters. The van der Waals surface area contributed by atoms with Crippen molar-refractivity contribution in [2.75, 3.05) is 5.73 Å². The normalized spacial score (nSPS) is 10.6. The van der Waals surface area contributed by atoms with Gasteiger partial charge >= 0.3 is 0 Å². The number of nitrogen functional groups attached to an aromatic ring is 1. The Morgan fingerprint density at radius 2 is 2.09 bits per heavy atom. The summed E-state index contributed by atoms with van der Waals surface area (Å²) in [5.74, 6) is -0.449. The van der Waals surface area contributed by atoms with Crippen LogP contribution in [0.1, 0.15) is 26.4 Å². The molecule has 1 heterocycles. The highest BCUT2D eigenvalue weighted by Gasteiger charge is 2.18. The van der Waals surface area contributed by atoms with E-state index in [4.69, 9.17) is 34.2 Å². The summed E-state index contributed by atoms with van der Waals surface area (Å²) in [6.45, 7) is 1.66. The van der Waals surface area contributed by atoms with E-state index in [2.05, 4.69) is 10.5 Å². The number of rotatable bonds is 3. The molecule has 0 fully saturated rings. The molecule has 0 radical (unpaired) electrons. The van der Waals surface area contributed by atoms with Crippen molar-refractivity contribution in [3.63, 3.8) is 0 Å². The maximum absolute atomic E-state index is 12.1. The first kappa shape index (κ1) is 16.3. The number of hydrogen-bond acceptors (Lipinski definition) is 5. The van der Waals surface area contributed by atoms with Crippen molar-refractivity contribution in [2.24, 2.45) is 5.10 Å². The number of nitriles is 1. The SMILES string of the molecule is Cc1c(C(=O)N/N=C\c2c(Cl)cccc2Cl)sc(N)c1C#N. The van der Waals surface area contributed by atoms with E-state index >= 15 is 0 Å². The number of halogens is 2. The fraction of sp³-hybridized carbons (Fsp3) is 0.0714. The maximum Gasteiger partial charge on any atom is 0.281 e. The topological polar surface area (TPSA) is 91.3 Å². The zero-order valence-corrected chi connectivity index (χ0v) is 13.7. The molecular formula is C14H10Cl2N4OS. The average Bonchev–Trinajstić information content (AvgIpc) is 2.76. The molecule has 0 saturated heterocycles. The highest BCUT2D eigenvalue weighted by Crippen LogP contribution is 2.29. The Bertz CT molecular complexity index is 788. The van der Waals surface area contributed by atoms with Gasteiger partial charge in [-0.15, -0.1) is 11.3 Å². The molecule has 0 saturated carbocycles. The lowest BCUT2D eigenvalue weighted by Crippen LogP contribution is -2.17. The van der Waals surface area contributed by atoms with Gasteiger partial charge in [0.2, 0.25) is 0 Å². The van der Waals surface area contributed by atoms with E-state index in [1.807, 2.05) is 6.07 Å². The highest BCUT2D eigenvalue weighted by atomic mass is 35.5. The third-order valence-corrected chi connectivity index (χ3v) is 4.63. The van der Waals surface area contributed by atoms with Crippen LogP contribution in [0.5, 0.6) is 0 Å². The molecule has 1 aromatic carbocycles. The van der Waals surface area contributed by atoms with E-state index in [9.17, 15) is 4.79 Å². The zero-order valence-electron chi connectivity index (χ0n) is 11.4. The van der Waals surface area contributed by atoms with E-state index in [1.165, 1.54) is 6.21 Å². The van der Waals surface area contributed by atoms with Gasteiger partial charge in [-0.2, -0.15) is 10.4 Å². The van der Waals surface area contributed by atoms with Gasteiger partial charge in [0.25, 0.3) is 5.91 Å². The molecule has 0 aliphatic heterocycles. The Kier molecular flexibility index (Phi) is 5.03. The van der Waals surface area contributed by atoms with Crippen molar-refractivity contribution in [1.82, 2.24) is 5.43 Å². The Hall–Kier alpha value is -2.07. The minimum Gasteiger partial charge on any atom is -0.389 e. The van der Waals surface area contributed by atoms with E-state index in [-0.39, 0.29) is 0 Å². The van der Waals surface area contributed by atoms with E-state index in [0.717, 1.165) is 11.3 Å². The Morgan fingerprint density at radius 3 is 2.64 bits per heavy atom. The van der Waals surface area contributed by atoms with Gasteiger partial charge in [-0.05, 0) is 24.6 Å². The van der Waals surface area contributed by atoms with Crippen molar-refractivity contribution in [3.05, 3.63) is 49.8 Å². The molecule has 0 spiro atoms. The first-order valence-corrected chi connectivity index (χ1v) is 7.59. The summed E-state index contributed by atoms with van der Waals surface area (Å²) >= 11 is 13.0. The minimum atomic E-state index is -0.449. The van der Waals surface area contributed by atoms with Crippen LogP contribution < -0.4 is 11.2 Å². The fourth-order valence-corrected chi connectivity index (χ4v) is 3.14. The van der Waals surface area contributed by atoms with Crippen molar-refractivity contribution in [2.45, 2.75) is 6.92 Å². The van der Waals surface area contributed by atoms with Crippen LogP contribution in [-0.2, 0) is 0 Å². The molecule has 1 amide bonds. The number of anilines is 1. The van der Waals surface area contributed by atoms with Gasteiger partial charge in [-0.3, -0.25) is 4.79 Å². The van der Waals surface area contributed by atoms with E-state index < -0.39 is 5.91 Å². The third-order valence-electron chi connectivity index (χ3n) is 2.85. The van der Waals surface area contributed by atoms with Gasteiger partial charge in [0.15, 0.2) is 0 Å². The van der Waals surface area contributed by atoms with Gasteiger partial charge in [0, 0.05) is 5.56 Å². The molecule has 2 rings (SSSR count). The minimum absolute atomic E-state index is 0.309. The molecule has 8 heteroatoms. The second kappa shape index (κ2) is 6.79. The quantitative estimate of drug-likeness (QED) is 0.653. The highest BCUT2D eigenvalue weighted by molar-refractivity contribution is 7.18. The van der Waals surface area contributed by atoms with Crippen molar-refractivity contribution in [1.29, 1.82) is 5.26 Å². The smallest absolute Gasteiger partial charge is 0.281 e. The van der Waals surface area contributed by atoms with Crippen LogP contribution in [0, 0.1) is 18.3 Å². The monoisotopic (exact) mass is 352 g/mol. The second-order valence-electron chi connectivity index (χ2n) is 4.24. The fourth-order valence-electron chi connectivity index (χ4n) is 1.73.